The number of fused-ring (bicyclic) bond motifs is 1. The van der Waals surface area contributed by atoms with Crippen LogP contribution >= 0.6 is 11.6 Å². The van der Waals surface area contributed by atoms with Gasteiger partial charge in [0, 0.05) is 5.02 Å². The lowest BCUT2D eigenvalue weighted by atomic mass is 9.79. The van der Waals surface area contributed by atoms with E-state index in [-0.39, 0.29) is 5.84 Å². The van der Waals surface area contributed by atoms with Crippen LogP contribution in [0.2, 0.25) is 5.02 Å². The Morgan fingerprint density at radius 3 is 2.27 bits per heavy atom. The lowest BCUT2D eigenvalue weighted by Gasteiger charge is -2.45. The van der Waals surface area contributed by atoms with Crippen molar-refractivity contribution in [3.05, 3.63) is 34.9 Å². The van der Waals surface area contributed by atoms with Gasteiger partial charge in [-0.05, 0) is 30.5 Å². The van der Waals surface area contributed by atoms with Gasteiger partial charge in [0.2, 0.25) is 0 Å². The van der Waals surface area contributed by atoms with Crippen molar-refractivity contribution in [2.45, 2.75) is 106 Å². The number of likely N-dealkylation sites (tertiary alicyclic amines) is 1. The quantitative estimate of drug-likeness (QED) is 0.374. The van der Waals surface area contributed by atoms with Gasteiger partial charge in [0.25, 0.3) is 0 Å². The number of alkyl halides is 1. The number of ether oxygens (including phenoxy) is 1. The minimum Gasteiger partial charge on any atom is -0.387 e. The van der Waals surface area contributed by atoms with Crippen molar-refractivity contribution in [2.24, 2.45) is 15.9 Å². The molecule has 4 aliphatic rings. The van der Waals surface area contributed by atoms with Crippen molar-refractivity contribution in [1.82, 2.24) is 10.4 Å². The zero-order valence-electron chi connectivity index (χ0n) is 20.7. The number of nitrogens with zero attached hydrogens (tertiary/aromatic N) is 3. The van der Waals surface area contributed by atoms with E-state index in [0.717, 1.165) is 44.9 Å². The molecule has 1 aromatic carbocycles. The van der Waals surface area contributed by atoms with E-state index in [1.54, 1.807) is 29.2 Å². The van der Waals surface area contributed by atoms with Gasteiger partial charge in [0.05, 0.1) is 11.5 Å². The molecule has 5 rings (SSSR count). The van der Waals surface area contributed by atoms with Gasteiger partial charge in [-0.2, -0.15) is 0 Å². The summed E-state index contributed by atoms with van der Waals surface area (Å²) in [7, 11) is 0. The van der Waals surface area contributed by atoms with Crippen molar-refractivity contribution in [2.75, 3.05) is 0 Å². The zero-order valence-corrected chi connectivity index (χ0v) is 21.4. The second-order valence-corrected chi connectivity index (χ2v) is 11.1. The van der Waals surface area contributed by atoms with Crippen LogP contribution in [-0.2, 0) is 4.74 Å². The van der Waals surface area contributed by atoms with Gasteiger partial charge in [-0.3, -0.25) is 15.7 Å². The van der Waals surface area contributed by atoms with Crippen molar-refractivity contribution in [1.29, 1.82) is 0 Å². The summed E-state index contributed by atoms with van der Waals surface area (Å²) >= 11 is 5.98. The number of amidine groups is 1. The molecule has 3 fully saturated rings. The van der Waals surface area contributed by atoms with Gasteiger partial charge in [-0.1, -0.05) is 68.7 Å². The number of aliphatic hydroxyl groups is 3. The number of aliphatic imine (C=N–C) groups is 2. The number of nitrogens with one attached hydrogen (secondary N) is 1. The van der Waals surface area contributed by atoms with Crippen LogP contribution in [0.3, 0.4) is 0 Å². The number of hydrogen-bond donors (Lipinski definition) is 5. The van der Waals surface area contributed by atoms with E-state index < -0.39 is 54.4 Å². The molecule has 204 valence electrons. The highest BCUT2D eigenvalue weighted by Crippen LogP contribution is 2.51. The van der Waals surface area contributed by atoms with E-state index in [0.29, 0.717) is 23.4 Å². The second-order valence-electron chi connectivity index (χ2n) is 10.7. The molecule has 1 aliphatic carbocycles. The molecule has 0 radical (unpaired) electrons. The minimum atomic E-state index is -1.44. The highest BCUT2D eigenvalue weighted by molar-refractivity contribution is 6.30. The molecule has 2 saturated heterocycles. The van der Waals surface area contributed by atoms with E-state index in [2.05, 4.69) is 15.5 Å². The number of rotatable bonds is 3. The summed E-state index contributed by atoms with van der Waals surface area (Å²) < 4.78 is 22.9. The van der Waals surface area contributed by atoms with E-state index in [9.17, 15) is 20.5 Å². The van der Waals surface area contributed by atoms with Crippen LogP contribution in [-0.4, -0.2) is 80.0 Å². The first kappa shape index (κ1) is 26.9. The normalized spacial score (nSPS) is 37.2. The summed E-state index contributed by atoms with van der Waals surface area (Å²) in [5, 5.41) is 43.6. The molecular weight excluding hydrogens is 503 g/mol. The van der Waals surface area contributed by atoms with E-state index in [1.165, 1.54) is 6.34 Å². The summed E-state index contributed by atoms with van der Waals surface area (Å²) in [4.78, 5) is 10.3. The third-order valence-corrected chi connectivity index (χ3v) is 8.84. The SMILES string of the molecule is ONC1=NC=NC2C1C(F)C1(CCCCCCCCC1)N2[C@@H]1O[C@H]([C@H](O)c2ccc(Cl)cc2)[C@@H](O)[C@H]1O. The molecule has 0 aromatic heterocycles. The average Bonchev–Trinajstić information content (AvgIpc) is 3.33. The molecule has 1 spiro atoms. The van der Waals surface area contributed by atoms with E-state index >= 15 is 4.39 Å². The summed E-state index contributed by atoms with van der Waals surface area (Å²) in [6, 6.07) is 6.53. The third kappa shape index (κ3) is 4.82. The Labute approximate surface area is 221 Å². The Balaban J connectivity index is 1.50. The Kier molecular flexibility index (Phi) is 8.16. The highest BCUT2D eigenvalue weighted by Gasteiger charge is 2.66. The Bertz CT molecular complexity index is 988. The number of benzene rings is 1. The van der Waals surface area contributed by atoms with Crippen LogP contribution < -0.4 is 5.48 Å². The van der Waals surface area contributed by atoms with Gasteiger partial charge in [-0.15, -0.1) is 0 Å². The fourth-order valence-electron chi connectivity index (χ4n) is 6.70. The fraction of sp³-hybridized carbons (Fsp3) is 0.692. The Morgan fingerprint density at radius 1 is 1.03 bits per heavy atom. The fourth-order valence-corrected chi connectivity index (χ4v) is 6.82. The average molecular weight is 539 g/mol. The molecule has 8 atom stereocenters. The van der Waals surface area contributed by atoms with Gasteiger partial charge in [0.1, 0.15) is 55.2 Å². The predicted molar refractivity (Wildman–Crippen MR) is 136 cm³/mol. The van der Waals surface area contributed by atoms with Gasteiger partial charge >= 0.3 is 0 Å². The molecular formula is C26H36ClFN4O5. The molecule has 11 heteroatoms. The molecule has 5 N–H and O–H groups in total. The van der Waals surface area contributed by atoms with Crippen LogP contribution in [0.4, 0.5) is 4.39 Å². The molecule has 0 amide bonds. The van der Waals surface area contributed by atoms with Gasteiger partial charge in [-0.25, -0.2) is 14.3 Å². The molecule has 3 heterocycles. The van der Waals surface area contributed by atoms with Gasteiger partial charge < -0.3 is 20.1 Å². The monoisotopic (exact) mass is 538 g/mol. The lowest BCUT2D eigenvalue weighted by Crippen LogP contribution is -2.58. The van der Waals surface area contributed by atoms with Crippen LogP contribution in [0, 0.1) is 5.92 Å². The molecule has 37 heavy (non-hydrogen) atoms. The summed E-state index contributed by atoms with van der Waals surface area (Å²) in [5.74, 6) is -0.802. The van der Waals surface area contributed by atoms with Crippen LogP contribution in [0.1, 0.15) is 69.5 Å². The predicted octanol–water partition coefficient (Wildman–Crippen LogP) is 3.10. The van der Waals surface area contributed by atoms with Crippen molar-refractivity contribution in [3.8, 4) is 0 Å². The lowest BCUT2D eigenvalue weighted by molar-refractivity contribution is -0.158. The third-order valence-electron chi connectivity index (χ3n) is 8.59. The molecule has 1 saturated carbocycles. The van der Waals surface area contributed by atoms with E-state index in [1.807, 2.05) is 0 Å². The first-order valence-corrected chi connectivity index (χ1v) is 13.6. The number of hydrogen-bond acceptors (Lipinski definition) is 9. The van der Waals surface area contributed by atoms with Crippen molar-refractivity contribution in [3.63, 3.8) is 0 Å². The van der Waals surface area contributed by atoms with Crippen molar-refractivity contribution >= 4 is 23.8 Å². The summed E-state index contributed by atoms with van der Waals surface area (Å²) in [6.45, 7) is 0. The minimum absolute atomic E-state index is 0.0808. The molecule has 1 aromatic rings. The van der Waals surface area contributed by atoms with E-state index in [4.69, 9.17) is 16.3 Å². The van der Waals surface area contributed by atoms with Crippen LogP contribution in [0.15, 0.2) is 34.3 Å². The number of halogens is 2. The molecule has 9 nitrogen and oxygen atoms in total. The molecule has 3 aliphatic heterocycles. The number of aliphatic hydroxyl groups excluding tert-OH is 3. The standard InChI is InChI=1S/C26H36ClFN4O5/c27-16-10-8-15(9-11-16)18(33)21-19(34)20(35)25(37-21)32-24-17(23(31-36)29-14-30-24)22(28)26(32)12-6-4-2-1-3-5-7-13-26/h8-11,14,17-22,24-25,33-36H,1-7,12-13H2,(H,29,30,31)/t17?,18-,19+,20-,21-,22?,24?,25-/m1/s1. The van der Waals surface area contributed by atoms with Crippen LogP contribution in [0.5, 0.6) is 0 Å². The Hall–Kier alpha value is -1.66. The van der Waals surface area contributed by atoms with Gasteiger partial charge in [0.15, 0.2) is 0 Å². The highest BCUT2D eigenvalue weighted by atomic mass is 35.5. The maximum atomic E-state index is 16.7. The smallest absolute Gasteiger partial charge is 0.142 e. The molecule has 0 bridgehead atoms. The second kappa shape index (κ2) is 11.2. The Morgan fingerprint density at radius 2 is 1.65 bits per heavy atom. The largest absolute Gasteiger partial charge is 0.387 e. The maximum absolute atomic E-state index is 16.7. The molecule has 3 unspecified atom stereocenters. The maximum Gasteiger partial charge on any atom is 0.142 e. The van der Waals surface area contributed by atoms with Crippen molar-refractivity contribution < 1.29 is 29.7 Å². The number of hydroxylamine groups is 1. The zero-order chi connectivity index (χ0) is 26.2. The van der Waals surface area contributed by atoms with Crippen LogP contribution in [0.25, 0.3) is 0 Å². The first-order valence-electron chi connectivity index (χ1n) is 13.3. The summed E-state index contributed by atoms with van der Waals surface area (Å²) in [6.07, 6.45) is 0.580. The first-order chi connectivity index (χ1) is 17.9. The topological polar surface area (TPSA) is 130 Å². The summed E-state index contributed by atoms with van der Waals surface area (Å²) in [5.41, 5.74) is 1.49.